The third-order valence-electron chi connectivity index (χ3n) is 3.06. The van der Waals surface area contributed by atoms with Crippen molar-refractivity contribution in [3.8, 4) is 0 Å². The highest BCUT2D eigenvalue weighted by molar-refractivity contribution is 9.10. The number of hydrogen-bond acceptors (Lipinski definition) is 1. The Hall–Kier alpha value is -1.56. The smallest absolute Gasteiger partial charge is 0.381 e. The third-order valence-corrected chi connectivity index (χ3v) is 3.67. The third kappa shape index (κ3) is 3.75. The second-order valence-electron chi connectivity index (χ2n) is 4.59. The zero-order chi connectivity index (χ0) is 15.6. The molecule has 0 aromatic heterocycles. The molecule has 2 aromatic carbocycles. The summed E-state index contributed by atoms with van der Waals surface area (Å²) >= 11 is 3.06. The number of hydrogen-bond donors (Lipinski definition) is 1. The number of aryl methyl sites for hydroxylation is 1. The highest BCUT2D eigenvalue weighted by Crippen LogP contribution is 2.32. The van der Waals surface area contributed by atoms with Gasteiger partial charge in [-0.1, -0.05) is 18.2 Å². The van der Waals surface area contributed by atoms with Crippen molar-refractivity contribution in [2.45, 2.75) is 19.6 Å². The maximum atomic E-state index is 13.5. The molecule has 0 aliphatic rings. The van der Waals surface area contributed by atoms with Crippen LogP contribution in [0.5, 0.6) is 0 Å². The van der Waals surface area contributed by atoms with Crippen molar-refractivity contribution in [3.05, 3.63) is 63.4 Å². The molecule has 0 radical (unpaired) electrons. The SMILES string of the molecule is Cc1cc(Br)c(F)cc1NCc1ccccc1C(F)(F)F. The molecule has 112 valence electrons. The van der Waals surface area contributed by atoms with Gasteiger partial charge in [0.15, 0.2) is 0 Å². The predicted molar refractivity (Wildman–Crippen MR) is 77.6 cm³/mol. The van der Waals surface area contributed by atoms with Crippen molar-refractivity contribution in [2.24, 2.45) is 0 Å². The van der Waals surface area contributed by atoms with E-state index < -0.39 is 17.6 Å². The van der Waals surface area contributed by atoms with Gasteiger partial charge in [-0.15, -0.1) is 0 Å². The molecule has 0 spiro atoms. The van der Waals surface area contributed by atoms with Gasteiger partial charge in [-0.3, -0.25) is 0 Å². The lowest BCUT2D eigenvalue weighted by molar-refractivity contribution is -0.138. The minimum Gasteiger partial charge on any atom is -0.381 e. The molecule has 0 bridgehead atoms. The van der Waals surface area contributed by atoms with Crippen LogP contribution in [0.1, 0.15) is 16.7 Å². The zero-order valence-electron chi connectivity index (χ0n) is 11.1. The van der Waals surface area contributed by atoms with Gasteiger partial charge in [0, 0.05) is 12.2 Å². The molecular weight excluding hydrogens is 350 g/mol. The number of nitrogens with one attached hydrogen (secondary N) is 1. The Balaban J connectivity index is 2.23. The van der Waals surface area contributed by atoms with E-state index in [0.717, 1.165) is 11.6 Å². The Morgan fingerprint density at radius 3 is 2.48 bits per heavy atom. The van der Waals surface area contributed by atoms with Gasteiger partial charge in [0.05, 0.1) is 10.0 Å². The molecule has 0 saturated heterocycles. The lowest BCUT2D eigenvalue weighted by Crippen LogP contribution is -2.12. The first-order valence-corrected chi connectivity index (χ1v) is 6.93. The predicted octanol–water partition coefficient (Wildman–Crippen LogP) is 5.53. The Morgan fingerprint density at radius 2 is 1.81 bits per heavy atom. The number of rotatable bonds is 3. The second kappa shape index (κ2) is 6.05. The van der Waals surface area contributed by atoms with Crippen molar-refractivity contribution in [1.82, 2.24) is 0 Å². The first kappa shape index (κ1) is 15.8. The number of anilines is 1. The molecule has 0 saturated carbocycles. The van der Waals surface area contributed by atoms with Crippen LogP contribution in [0.2, 0.25) is 0 Å². The summed E-state index contributed by atoms with van der Waals surface area (Å²) in [6, 6.07) is 8.16. The van der Waals surface area contributed by atoms with E-state index >= 15 is 0 Å². The van der Waals surface area contributed by atoms with E-state index in [1.807, 2.05) is 0 Å². The van der Waals surface area contributed by atoms with Gasteiger partial charge in [0.25, 0.3) is 0 Å². The van der Waals surface area contributed by atoms with Crippen LogP contribution in [0.4, 0.5) is 23.2 Å². The summed E-state index contributed by atoms with van der Waals surface area (Å²) in [6.45, 7) is 1.72. The van der Waals surface area contributed by atoms with Crippen molar-refractivity contribution >= 4 is 21.6 Å². The maximum absolute atomic E-state index is 13.5. The monoisotopic (exact) mass is 361 g/mol. The first-order chi connectivity index (χ1) is 9.79. The van der Waals surface area contributed by atoms with Gasteiger partial charge in [0.1, 0.15) is 5.82 Å². The van der Waals surface area contributed by atoms with Crippen LogP contribution in [-0.2, 0) is 12.7 Å². The molecule has 1 N–H and O–H groups in total. The lowest BCUT2D eigenvalue weighted by Gasteiger charge is -2.15. The summed E-state index contributed by atoms with van der Waals surface area (Å²) in [5, 5.41) is 2.85. The Morgan fingerprint density at radius 1 is 1.14 bits per heavy atom. The van der Waals surface area contributed by atoms with Gasteiger partial charge in [-0.05, 0) is 52.2 Å². The van der Waals surface area contributed by atoms with Gasteiger partial charge in [-0.25, -0.2) is 4.39 Å². The van der Waals surface area contributed by atoms with Gasteiger partial charge < -0.3 is 5.32 Å². The molecule has 0 heterocycles. The van der Waals surface area contributed by atoms with Crippen LogP contribution >= 0.6 is 15.9 Å². The molecule has 1 nitrogen and oxygen atoms in total. The molecule has 2 aromatic rings. The summed E-state index contributed by atoms with van der Waals surface area (Å²) in [5.41, 5.74) is 0.640. The van der Waals surface area contributed by atoms with Crippen LogP contribution in [0.15, 0.2) is 40.9 Å². The Labute approximate surface area is 128 Å². The van der Waals surface area contributed by atoms with E-state index in [1.54, 1.807) is 19.1 Å². The molecule has 0 aliphatic heterocycles. The summed E-state index contributed by atoms with van der Waals surface area (Å²) in [5.74, 6) is -0.466. The molecule has 6 heteroatoms. The Kier molecular flexibility index (Phi) is 4.56. The average Bonchev–Trinajstić information content (AvgIpc) is 2.41. The van der Waals surface area contributed by atoms with Crippen LogP contribution in [0.3, 0.4) is 0 Å². The molecule has 0 fully saturated rings. The first-order valence-electron chi connectivity index (χ1n) is 6.13. The molecular formula is C15H12BrF4N. The quantitative estimate of drug-likeness (QED) is 0.709. The fourth-order valence-corrected chi connectivity index (χ4v) is 2.44. The van der Waals surface area contributed by atoms with Crippen LogP contribution in [-0.4, -0.2) is 0 Å². The van der Waals surface area contributed by atoms with Crippen LogP contribution in [0, 0.1) is 12.7 Å². The summed E-state index contributed by atoms with van der Waals surface area (Å²) in [4.78, 5) is 0. The van der Waals surface area contributed by atoms with E-state index in [-0.39, 0.29) is 12.1 Å². The fourth-order valence-electron chi connectivity index (χ4n) is 1.98. The molecule has 2 rings (SSSR count). The Bertz CT molecular complexity index is 653. The van der Waals surface area contributed by atoms with E-state index in [4.69, 9.17) is 0 Å². The number of alkyl halides is 3. The summed E-state index contributed by atoms with van der Waals surface area (Å²) < 4.78 is 52.4. The maximum Gasteiger partial charge on any atom is 0.416 e. The van der Waals surface area contributed by atoms with E-state index in [1.165, 1.54) is 18.2 Å². The van der Waals surface area contributed by atoms with E-state index in [9.17, 15) is 17.6 Å². The standard InChI is InChI=1S/C15H12BrF4N/c1-9-6-12(16)13(17)7-14(9)21-8-10-4-2-3-5-11(10)15(18,19)20/h2-7,21H,8H2,1H3. The van der Waals surface area contributed by atoms with E-state index in [2.05, 4.69) is 21.2 Å². The number of halogens is 5. The van der Waals surface area contributed by atoms with Gasteiger partial charge >= 0.3 is 6.18 Å². The highest BCUT2D eigenvalue weighted by atomic mass is 79.9. The lowest BCUT2D eigenvalue weighted by atomic mass is 10.1. The second-order valence-corrected chi connectivity index (χ2v) is 5.44. The number of benzene rings is 2. The zero-order valence-corrected chi connectivity index (χ0v) is 12.6. The highest BCUT2D eigenvalue weighted by Gasteiger charge is 2.32. The van der Waals surface area contributed by atoms with Crippen LogP contribution < -0.4 is 5.32 Å². The van der Waals surface area contributed by atoms with E-state index in [0.29, 0.717) is 10.2 Å². The van der Waals surface area contributed by atoms with Crippen molar-refractivity contribution < 1.29 is 17.6 Å². The molecule has 0 aliphatic carbocycles. The van der Waals surface area contributed by atoms with Crippen molar-refractivity contribution in [2.75, 3.05) is 5.32 Å². The summed E-state index contributed by atoms with van der Waals surface area (Å²) in [6.07, 6.45) is -4.40. The average molecular weight is 362 g/mol. The fraction of sp³-hybridized carbons (Fsp3) is 0.200. The largest absolute Gasteiger partial charge is 0.416 e. The van der Waals surface area contributed by atoms with Crippen molar-refractivity contribution in [3.63, 3.8) is 0 Å². The summed E-state index contributed by atoms with van der Waals surface area (Å²) in [7, 11) is 0. The van der Waals surface area contributed by atoms with Gasteiger partial charge in [0.2, 0.25) is 0 Å². The van der Waals surface area contributed by atoms with Gasteiger partial charge in [-0.2, -0.15) is 13.2 Å². The molecule has 21 heavy (non-hydrogen) atoms. The molecule has 0 unspecified atom stereocenters. The van der Waals surface area contributed by atoms with Crippen molar-refractivity contribution in [1.29, 1.82) is 0 Å². The molecule has 0 amide bonds. The minimum atomic E-state index is -4.40. The van der Waals surface area contributed by atoms with Crippen LogP contribution in [0.25, 0.3) is 0 Å². The minimum absolute atomic E-state index is 0.0302. The topological polar surface area (TPSA) is 12.0 Å². The normalized spacial score (nSPS) is 11.5. The molecule has 0 atom stereocenters.